The fraction of sp³-hybridized carbons (Fsp3) is 0.429. The summed E-state index contributed by atoms with van der Waals surface area (Å²) in [5.41, 5.74) is 2.31. The molecule has 0 bridgehead atoms. The summed E-state index contributed by atoms with van der Waals surface area (Å²) in [5, 5.41) is 3.15. The number of anilines is 1. The Bertz CT molecular complexity index is 968. The van der Waals surface area contributed by atoms with Gasteiger partial charge >= 0.3 is 0 Å². The van der Waals surface area contributed by atoms with Crippen molar-refractivity contribution in [2.75, 3.05) is 25.0 Å². The second-order valence-corrected chi connectivity index (χ2v) is 9.66. The minimum Gasteiger partial charge on any atom is -0.358 e. The molecule has 0 aliphatic carbocycles. The van der Waals surface area contributed by atoms with E-state index in [1.165, 1.54) is 16.1 Å². The first-order valence-corrected chi connectivity index (χ1v) is 11.4. The zero-order valence-electron chi connectivity index (χ0n) is 16.5. The first kappa shape index (κ1) is 19.8. The van der Waals surface area contributed by atoms with Crippen LogP contribution in [0.25, 0.3) is 0 Å². The SMILES string of the molecule is Cc1ccc(CN2CCC(Nc3ccc(S(=O)(=O)N4CCCC4)cn3)C2=O)cc1. The van der Waals surface area contributed by atoms with Gasteiger partial charge in [-0.05, 0) is 43.9 Å². The summed E-state index contributed by atoms with van der Waals surface area (Å²) in [6, 6.07) is 11.1. The summed E-state index contributed by atoms with van der Waals surface area (Å²) in [5.74, 6) is 0.557. The third-order valence-corrected chi connectivity index (χ3v) is 7.43. The van der Waals surface area contributed by atoms with Crippen LogP contribution < -0.4 is 5.32 Å². The highest BCUT2D eigenvalue weighted by Crippen LogP contribution is 2.22. The zero-order valence-corrected chi connectivity index (χ0v) is 17.4. The number of likely N-dealkylation sites (tertiary alicyclic amines) is 1. The molecular weight excluding hydrogens is 388 g/mol. The predicted octanol–water partition coefficient (Wildman–Crippen LogP) is 2.39. The molecular formula is C21H26N4O3S. The van der Waals surface area contributed by atoms with Crippen molar-refractivity contribution < 1.29 is 13.2 Å². The predicted molar refractivity (Wildman–Crippen MR) is 111 cm³/mol. The summed E-state index contributed by atoms with van der Waals surface area (Å²) >= 11 is 0. The summed E-state index contributed by atoms with van der Waals surface area (Å²) < 4.78 is 26.7. The molecule has 2 aliphatic rings. The smallest absolute Gasteiger partial charge is 0.245 e. The molecule has 1 aromatic carbocycles. The number of aromatic nitrogens is 1. The van der Waals surface area contributed by atoms with Crippen LogP contribution in [0.1, 0.15) is 30.4 Å². The Kier molecular flexibility index (Phi) is 5.56. The van der Waals surface area contributed by atoms with E-state index < -0.39 is 10.0 Å². The van der Waals surface area contributed by atoms with E-state index in [0.29, 0.717) is 38.4 Å². The Morgan fingerprint density at radius 1 is 1.07 bits per heavy atom. The van der Waals surface area contributed by atoms with E-state index in [1.807, 2.05) is 36.1 Å². The summed E-state index contributed by atoms with van der Waals surface area (Å²) in [7, 11) is -3.47. The average molecular weight is 415 g/mol. The van der Waals surface area contributed by atoms with Crippen LogP contribution in [0, 0.1) is 6.92 Å². The number of carbonyl (C=O) groups is 1. The molecule has 8 heteroatoms. The van der Waals surface area contributed by atoms with Gasteiger partial charge in [0.1, 0.15) is 16.8 Å². The van der Waals surface area contributed by atoms with Gasteiger partial charge in [-0.1, -0.05) is 29.8 Å². The Hall–Kier alpha value is -2.45. The molecule has 4 rings (SSSR count). The molecule has 0 saturated carbocycles. The number of hydrogen-bond acceptors (Lipinski definition) is 5. The number of pyridine rings is 1. The van der Waals surface area contributed by atoms with Gasteiger partial charge < -0.3 is 10.2 Å². The first-order chi connectivity index (χ1) is 13.9. The van der Waals surface area contributed by atoms with Crippen molar-refractivity contribution in [2.45, 2.75) is 43.7 Å². The number of sulfonamides is 1. The maximum Gasteiger partial charge on any atom is 0.245 e. The molecule has 0 radical (unpaired) electrons. The van der Waals surface area contributed by atoms with Gasteiger partial charge in [-0.25, -0.2) is 13.4 Å². The van der Waals surface area contributed by atoms with Crippen molar-refractivity contribution in [1.82, 2.24) is 14.2 Å². The van der Waals surface area contributed by atoms with E-state index in [0.717, 1.165) is 18.4 Å². The lowest BCUT2D eigenvalue weighted by Gasteiger charge is -2.18. The maximum atomic E-state index is 12.7. The molecule has 7 nitrogen and oxygen atoms in total. The van der Waals surface area contributed by atoms with Crippen LogP contribution in [0.5, 0.6) is 0 Å². The molecule has 2 fully saturated rings. The van der Waals surface area contributed by atoms with Crippen molar-refractivity contribution in [2.24, 2.45) is 0 Å². The van der Waals surface area contributed by atoms with Crippen molar-refractivity contribution in [3.05, 3.63) is 53.7 Å². The number of nitrogens with zero attached hydrogens (tertiary/aromatic N) is 3. The molecule has 1 amide bonds. The van der Waals surface area contributed by atoms with E-state index in [2.05, 4.69) is 10.3 Å². The molecule has 2 saturated heterocycles. The molecule has 3 heterocycles. The van der Waals surface area contributed by atoms with Crippen LogP contribution in [-0.4, -0.2) is 54.2 Å². The van der Waals surface area contributed by atoms with Crippen LogP contribution in [0.2, 0.25) is 0 Å². The number of nitrogens with one attached hydrogen (secondary N) is 1. The lowest BCUT2D eigenvalue weighted by atomic mass is 10.1. The number of hydrogen-bond donors (Lipinski definition) is 1. The van der Waals surface area contributed by atoms with E-state index in [1.54, 1.807) is 12.1 Å². The standard InChI is InChI=1S/C21H26N4O3S/c1-16-4-6-17(7-5-16)15-24-13-10-19(21(24)26)23-20-9-8-18(14-22-20)29(27,28)25-11-2-3-12-25/h4-9,14,19H,2-3,10-13,15H2,1H3,(H,22,23). The van der Waals surface area contributed by atoms with Gasteiger partial charge in [-0.3, -0.25) is 4.79 Å². The van der Waals surface area contributed by atoms with E-state index in [9.17, 15) is 13.2 Å². The quantitative estimate of drug-likeness (QED) is 0.785. The third kappa shape index (κ3) is 4.28. The third-order valence-electron chi connectivity index (χ3n) is 5.55. The molecule has 2 aliphatic heterocycles. The first-order valence-electron chi connectivity index (χ1n) is 10.0. The minimum atomic E-state index is -3.47. The van der Waals surface area contributed by atoms with E-state index in [4.69, 9.17) is 0 Å². The van der Waals surface area contributed by atoms with E-state index >= 15 is 0 Å². The van der Waals surface area contributed by atoms with Crippen molar-refractivity contribution >= 4 is 21.7 Å². The Morgan fingerprint density at radius 3 is 2.45 bits per heavy atom. The number of aryl methyl sites for hydroxylation is 1. The van der Waals surface area contributed by atoms with Crippen molar-refractivity contribution in [3.63, 3.8) is 0 Å². The summed E-state index contributed by atoms with van der Waals surface area (Å²) in [4.78, 5) is 19.0. The molecule has 1 N–H and O–H groups in total. The highest BCUT2D eigenvalue weighted by atomic mass is 32.2. The van der Waals surface area contributed by atoms with Crippen LogP contribution >= 0.6 is 0 Å². The maximum absolute atomic E-state index is 12.7. The summed E-state index contributed by atoms with van der Waals surface area (Å²) in [6.45, 7) is 4.45. The Labute approximate surface area is 171 Å². The van der Waals surface area contributed by atoms with Gasteiger partial charge in [-0.15, -0.1) is 0 Å². The highest BCUT2D eigenvalue weighted by molar-refractivity contribution is 7.89. The largest absolute Gasteiger partial charge is 0.358 e. The molecule has 1 atom stereocenters. The lowest BCUT2D eigenvalue weighted by Crippen LogP contribution is -2.33. The lowest BCUT2D eigenvalue weighted by molar-refractivity contribution is -0.128. The van der Waals surface area contributed by atoms with Crippen LogP contribution in [0.3, 0.4) is 0 Å². The van der Waals surface area contributed by atoms with E-state index in [-0.39, 0.29) is 16.8 Å². The zero-order chi connectivity index (χ0) is 20.4. The van der Waals surface area contributed by atoms with Crippen molar-refractivity contribution in [1.29, 1.82) is 0 Å². The monoisotopic (exact) mass is 414 g/mol. The fourth-order valence-corrected chi connectivity index (χ4v) is 5.28. The van der Waals surface area contributed by atoms with Crippen LogP contribution in [0.4, 0.5) is 5.82 Å². The minimum absolute atomic E-state index is 0.0427. The molecule has 1 aromatic heterocycles. The Balaban J connectivity index is 1.38. The van der Waals surface area contributed by atoms with Crippen molar-refractivity contribution in [3.8, 4) is 0 Å². The number of amides is 1. The number of carbonyl (C=O) groups excluding carboxylic acids is 1. The van der Waals surface area contributed by atoms with Gasteiger partial charge in [0.25, 0.3) is 0 Å². The number of rotatable bonds is 6. The molecule has 29 heavy (non-hydrogen) atoms. The topological polar surface area (TPSA) is 82.6 Å². The van der Waals surface area contributed by atoms with Gasteiger partial charge in [0.05, 0.1) is 0 Å². The normalized spacial score (nSPS) is 20.4. The molecule has 154 valence electrons. The van der Waals surface area contributed by atoms with Gasteiger partial charge in [0.15, 0.2) is 0 Å². The van der Waals surface area contributed by atoms with Gasteiger partial charge in [0.2, 0.25) is 15.9 Å². The molecule has 0 spiro atoms. The second-order valence-electron chi connectivity index (χ2n) is 7.72. The fourth-order valence-electron chi connectivity index (χ4n) is 3.82. The highest BCUT2D eigenvalue weighted by Gasteiger charge is 2.32. The van der Waals surface area contributed by atoms with Gasteiger partial charge in [-0.2, -0.15) is 4.31 Å². The molecule has 2 aromatic rings. The second kappa shape index (κ2) is 8.12. The average Bonchev–Trinajstić information content (AvgIpc) is 3.37. The number of benzene rings is 1. The summed E-state index contributed by atoms with van der Waals surface area (Å²) in [6.07, 6.45) is 3.87. The van der Waals surface area contributed by atoms with Crippen LogP contribution in [-0.2, 0) is 21.4 Å². The Morgan fingerprint density at radius 2 is 1.79 bits per heavy atom. The van der Waals surface area contributed by atoms with Gasteiger partial charge in [0, 0.05) is 32.4 Å². The van der Waals surface area contributed by atoms with Crippen LogP contribution in [0.15, 0.2) is 47.5 Å². The molecule has 1 unspecified atom stereocenters.